The molecule has 0 aliphatic heterocycles. The molecule has 0 spiro atoms. The van der Waals surface area contributed by atoms with Crippen molar-refractivity contribution in [1.82, 2.24) is 53.5 Å². The van der Waals surface area contributed by atoms with Crippen LogP contribution in [0.5, 0.6) is 0 Å². The monoisotopic (exact) mass is 936 g/mol. The molecule has 0 saturated heterocycles. The summed E-state index contributed by atoms with van der Waals surface area (Å²) in [5.74, 6) is -0.181. The molecule has 2 unspecified atom stereocenters. The van der Waals surface area contributed by atoms with E-state index < -0.39 is 12.2 Å². The molecule has 0 saturated carbocycles. The van der Waals surface area contributed by atoms with Crippen molar-refractivity contribution in [3.8, 4) is 0 Å². The Balaban J connectivity index is 0.000000178. The summed E-state index contributed by atoms with van der Waals surface area (Å²) in [6.07, 6.45) is 13.2. The van der Waals surface area contributed by atoms with Gasteiger partial charge in [-0.15, -0.1) is 0 Å². The second kappa shape index (κ2) is 21.5. The SMILES string of the molecule is C.Cc1cc(NC(=O)c2c3c(cn2C)C(N)CC3)ccc1F.Cc1cc(NC(=O)c2c3c(cn2C)C(NC(=O)OCc2ncn(C)n2)CC3)ccc1F.Cn1cnc(COC(=O)n2ccnc2)n1. The molecule has 2 aromatic carbocycles. The summed E-state index contributed by atoms with van der Waals surface area (Å²) in [6.45, 7) is 3.35. The summed E-state index contributed by atoms with van der Waals surface area (Å²) in [7, 11) is 7.10. The molecule has 68 heavy (non-hydrogen) atoms. The number of nitrogens with zero attached hydrogens (tertiary/aromatic N) is 10. The number of amides is 3. The molecule has 0 bridgehead atoms. The highest BCUT2D eigenvalue weighted by molar-refractivity contribution is 6.05. The molecule has 22 heteroatoms. The van der Waals surface area contributed by atoms with E-state index >= 15 is 0 Å². The first kappa shape index (κ1) is 49.4. The van der Waals surface area contributed by atoms with Crippen molar-refractivity contribution < 1.29 is 37.4 Å². The number of nitrogens with one attached hydrogen (secondary N) is 3. The molecule has 2 aliphatic carbocycles. The van der Waals surface area contributed by atoms with Crippen LogP contribution in [0.2, 0.25) is 0 Å². The van der Waals surface area contributed by atoms with E-state index in [2.05, 4.69) is 41.1 Å². The van der Waals surface area contributed by atoms with E-state index in [4.69, 9.17) is 15.2 Å². The third-order valence-electron chi connectivity index (χ3n) is 11.0. The van der Waals surface area contributed by atoms with E-state index in [0.29, 0.717) is 58.4 Å². The van der Waals surface area contributed by atoms with Crippen molar-refractivity contribution >= 4 is 35.4 Å². The fourth-order valence-electron chi connectivity index (χ4n) is 7.80. The van der Waals surface area contributed by atoms with E-state index in [1.54, 1.807) is 68.8 Å². The number of alkyl carbamates (subject to hydrolysis) is 1. The fraction of sp³-hybridized carbons (Fsp3) is 0.326. The van der Waals surface area contributed by atoms with Gasteiger partial charge in [0.05, 0.1) is 6.04 Å². The van der Waals surface area contributed by atoms with Crippen LogP contribution in [-0.2, 0) is 63.7 Å². The third kappa shape index (κ3) is 11.7. The number of anilines is 2. The summed E-state index contributed by atoms with van der Waals surface area (Å²) in [5.41, 5.74) is 13.1. The van der Waals surface area contributed by atoms with Gasteiger partial charge in [-0.3, -0.25) is 19.0 Å². The molecule has 5 aromatic heterocycles. The number of fused-ring (bicyclic) bond motifs is 2. The van der Waals surface area contributed by atoms with Gasteiger partial charge >= 0.3 is 12.2 Å². The summed E-state index contributed by atoms with van der Waals surface area (Å²) >= 11 is 0. The lowest BCUT2D eigenvalue weighted by atomic mass is 10.1. The van der Waals surface area contributed by atoms with Crippen molar-refractivity contribution in [2.75, 3.05) is 10.6 Å². The molecule has 0 radical (unpaired) electrons. The minimum absolute atomic E-state index is 0. The molecule has 9 rings (SSSR count). The predicted molar refractivity (Wildman–Crippen MR) is 245 cm³/mol. The van der Waals surface area contributed by atoms with Crippen LogP contribution in [0.3, 0.4) is 0 Å². The van der Waals surface area contributed by atoms with Gasteiger partial charge in [0.2, 0.25) is 0 Å². The number of benzene rings is 2. The molecule has 0 fully saturated rings. The van der Waals surface area contributed by atoms with Crippen LogP contribution < -0.4 is 21.7 Å². The third-order valence-corrected chi connectivity index (χ3v) is 11.0. The molecule has 5 N–H and O–H groups in total. The number of ether oxygens (including phenoxy) is 2. The average molecular weight is 937 g/mol. The Morgan fingerprint density at radius 2 is 1.25 bits per heavy atom. The average Bonchev–Trinajstić information content (AvgIpc) is 4.17. The van der Waals surface area contributed by atoms with Crippen LogP contribution in [0.25, 0.3) is 0 Å². The Kier molecular flexibility index (Phi) is 15.6. The lowest BCUT2D eigenvalue weighted by Gasteiger charge is -2.12. The van der Waals surface area contributed by atoms with Crippen molar-refractivity contribution in [2.45, 2.75) is 72.3 Å². The zero-order chi connectivity index (χ0) is 47.9. The summed E-state index contributed by atoms with van der Waals surface area (Å²) in [5, 5.41) is 16.5. The zero-order valence-corrected chi connectivity index (χ0v) is 37.7. The first-order valence-electron chi connectivity index (χ1n) is 21.1. The number of aromatic nitrogens is 10. The Bertz CT molecular complexity index is 2920. The molecule has 20 nitrogen and oxygen atoms in total. The lowest BCUT2D eigenvalue weighted by Crippen LogP contribution is -2.27. The van der Waals surface area contributed by atoms with Gasteiger partial charge in [0.15, 0.2) is 24.9 Å². The fourth-order valence-corrected chi connectivity index (χ4v) is 7.80. The van der Waals surface area contributed by atoms with Gasteiger partial charge in [-0.25, -0.2) is 37.9 Å². The van der Waals surface area contributed by atoms with Crippen LogP contribution in [0.4, 0.5) is 29.7 Å². The molecule has 358 valence electrons. The maximum atomic E-state index is 13.5. The Morgan fingerprint density at radius 1 is 0.735 bits per heavy atom. The number of aryl methyl sites for hydroxylation is 6. The highest BCUT2D eigenvalue weighted by atomic mass is 19.1. The predicted octanol–water partition coefficient (Wildman–Crippen LogP) is 6.27. The van der Waals surface area contributed by atoms with Gasteiger partial charge in [-0.05, 0) is 109 Å². The van der Waals surface area contributed by atoms with Crippen LogP contribution in [0.1, 0.15) is 98.4 Å². The maximum Gasteiger partial charge on any atom is 0.419 e. The minimum atomic E-state index is -0.568. The minimum Gasteiger partial charge on any atom is -0.441 e. The number of rotatable bonds is 9. The zero-order valence-electron chi connectivity index (χ0n) is 37.7. The topological polar surface area (TPSA) is 238 Å². The first-order chi connectivity index (χ1) is 32.0. The summed E-state index contributed by atoms with van der Waals surface area (Å²) in [6, 6.07) is 8.76. The number of hydrogen-bond donors (Lipinski definition) is 4. The van der Waals surface area contributed by atoms with Gasteiger partial charge in [0.1, 0.15) is 42.0 Å². The standard InChI is InChI=1S/C21H23FN6O3.C16H18FN3O.C8H9N5O2.CH4/c1-12-8-13(4-6-16(12)22)24-20(29)19-14-5-7-17(15(14)9-27(19)2)25-21(30)31-10-18-23-11-28(3)26-18;1-9-7-10(3-5-13(9)17)19-16(21)15-11-4-6-14(18)12(11)8-20(15)2;1-12-6-10-7(11-12)4-15-8(14)13-3-2-9-5-13;/h4,6,8-9,11,17H,5,7,10H2,1-3H3,(H,24,29)(H,25,30);3,5,7-8,14H,4,6,18H2,1-2H3,(H,19,21);2-3,5-6H,4H2,1H3;1H4. The molecule has 5 heterocycles. The smallest absolute Gasteiger partial charge is 0.419 e. The first-order valence-corrected chi connectivity index (χ1v) is 21.1. The van der Waals surface area contributed by atoms with Gasteiger partial charge in [0, 0.05) is 70.4 Å². The largest absolute Gasteiger partial charge is 0.441 e. The van der Waals surface area contributed by atoms with Crippen LogP contribution in [0, 0.1) is 25.5 Å². The molecular weight excluding hydrogens is 883 g/mol. The maximum absolute atomic E-state index is 13.5. The normalized spacial score (nSPS) is 14.2. The number of nitrogens with two attached hydrogens (primary N) is 1. The van der Waals surface area contributed by atoms with Crippen molar-refractivity contribution in [2.24, 2.45) is 33.9 Å². The molecule has 2 atom stereocenters. The quantitative estimate of drug-likeness (QED) is 0.125. The van der Waals surface area contributed by atoms with E-state index in [9.17, 15) is 28.0 Å². The van der Waals surface area contributed by atoms with E-state index in [0.717, 1.165) is 35.1 Å². The Labute approximate surface area is 390 Å². The number of hydrogen-bond acceptors (Lipinski definition) is 12. The van der Waals surface area contributed by atoms with E-state index in [-0.39, 0.29) is 56.2 Å². The highest BCUT2D eigenvalue weighted by Crippen LogP contribution is 2.36. The number of carbonyl (C=O) groups is 4. The molecule has 7 aromatic rings. The Morgan fingerprint density at radius 3 is 1.75 bits per heavy atom. The second-order valence-electron chi connectivity index (χ2n) is 16.0. The number of carbonyl (C=O) groups excluding carboxylic acids is 4. The van der Waals surface area contributed by atoms with Gasteiger partial charge < -0.3 is 40.3 Å². The molecule has 3 amide bonds. The van der Waals surface area contributed by atoms with Gasteiger partial charge in [-0.1, -0.05) is 7.43 Å². The van der Waals surface area contributed by atoms with Crippen LogP contribution >= 0.6 is 0 Å². The van der Waals surface area contributed by atoms with Crippen LogP contribution in [-0.4, -0.2) is 72.2 Å². The van der Waals surface area contributed by atoms with Gasteiger partial charge in [0.25, 0.3) is 11.8 Å². The molecule has 2 aliphatic rings. The summed E-state index contributed by atoms with van der Waals surface area (Å²) in [4.78, 5) is 60.6. The van der Waals surface area contributed by atoms with Gasteiger partial charge in [-0.2, -0.15) is 10.2 Å². The van der Waals surface area contributed by atoms with Crippen molar-refractivity contribution in [1.29, 1.82) is 0 Å². The van der Waals surface area contributed by atoms with Crippen molar-refractivity contribution in [3.05, 3.63) is 148 Å². The van der Waals surface area contributed by atoms with E-state index in [1.807, 2.05) is 24.0 Å². The summed E-state index contributed by atoms with van der Waals surface area (Å²) < 4.78 is 44.7. The number of halogens is 2. The second-order valence-corrected chi connectivity index (χ2v) is 16.0. The van der Waals surface area contributed by atoms with Crippen LogP contribution in [0.15, 0.2) is 80.2 Å². The molecular formula is C46H54F2N14O6. The highest BCUT2D eigenvalue weighted by Gasteiger charge is 2.32. The lowest BCUT2D eigenvalue weighted by molar-refractivity contribution is 0.101. The Hall–Kier alpha value is -8.01. The van der Waals surface area contributed by atoms with Crippen molar-refractivity contribution in [3.63, 3.8) is 0 Å². The van der Waals surface area contributed by atoms with E-state index in [1.165, 1.54) is 52.5 Å². The number of imidazole rings is 1.